The molecule has 5 nitrogen and oxygen atoms in total. The van der Waals surface area contributed by atoms with Crippen LogP contribution in [-0.4, -0.2) is 17.1 Å². The van der Waals surface area contributed by atoms with Gasteiger partial charge < -0.3 is 14.6 Å². The Hall–Kier alpha value is -1.98. The molecule has 2 aromatic rings. The van der Waals surface area contributed by atoms with Crippen molar-refractivity contribution < 1.29 is 9.53 Å². The highest BCUT2D eigenvalue weighted by Crippen LogP contribution is 2.29. The Morgan fingerprint density at radius 3 is 2.69 bits per heavy atom. The second-order valence-electron chi connectivity index (χ2n) is 6.41. The van der Waals surface area contributed by atoms with Gasteiger partial charge in [0.25, 0.3) is 5.91 Å². The lowest BCUT2D eigenvalue weighted by Crippen LogP contribution is -2.24. The number of hydrogen-bond donors (Lipinski definition) is 1. The largest absolute Gasteiger partial charge is 0.478 e. The van der Waals surface area contributed by atoms with Crippen molar-refractivity contribution in [2.45, 2.75) is 33.7 Å². The van der Waals surface area contributed by atoms with E-state index in [4.69, 9.17) is 27.9 Å². The topological polar surface area (TPSA) is 60.3 Å². The number of hydrogen-bond acceptors (Lipinski definition) is 3. The van der Waals surface area contributed by atoms with Crippen LogP contribution in [0.15, 0.2) is 35.3 Å². The van der Waals surface area contributed by atoms with Gasteiger partial charge in [-0.15, -0.1) is 0 Å². The molecule has 1 aromatic carbocycles. The molecule has 0 aliphatic rings. The third-order valence-corrected chi connectivity index (χ3v) is 4.73. The van der Waals surface area contributed by atoms with Crippen molar-refractivity contribution >= 4 is 34.8 Å². The Balaban J connectivity index is 2.06. The van der Waals surface area contributed by atoms with E-state index in [1.165, 1.54) is 6.07 Å². The van der Waals surface area contributed by atoms with Crippen LogP contribution in [0.4, 0.5) is 5.69 Å². The van der Waals surface area contributed by atoms with Gasteiger partial charge in [-0.25, -0.2) is 0 Å². The lowest BCUT2D eigenvalue weighted by Gasteiger charge is -2.16. The minimum absolute atomic E-state index is 0.184. The molecule has 0 unspecified atom stereocenters. The Bertz CT molecular complexity index is 847. The Labute approximate surface area is 162 Å². The van der Waals surface area contributed by atoms with Gasteiger partial charge in [0.05, 0.1) is 21.4 Å². The summed E-state index contributed by atoms with van der Waals surface area (Å²) in [7, 11) is 0. The molecule has 0 spiro atoms. The zero-order chi connectivity index (χ0) is 19.3. The van der Waals surface area contributed by atoms with Crippen LogP contribution in [0.5, 0.6) is 5.75 Å². The summed E-state index contributed by atoms with van der Waals surface area (Å²) < 4.78 is 7.46. The number of rotatable bonds is 7. The molecule has 0 bridgehead atoms. The molecule has 1 amide bonds. The van der Waals surface area contributed by atoms with Gasteiger partial charge in [0.15, 0.2) is 12.4 Å². The molecule has 0 fully saturated rings. The van der Waals surface area contributed by atoms with Crippen LogP contribution in [0.2, 0.25) is 10.0 Å². The first kappa shape index (κ1) is 20.3. The maximum atomic E-state index is 12.1. The van der Waals surface area contributed by atoms with Crippen LogP contribution in [0, 0.1) is 12.8 Å². The molecular weight excluding hydrogens is 375 g/mol. The SMILES string of the molecule is Cc1c(OCC(=O)Nc2cccc(Cl)c2Cl)c(=O)ccn1CCC(C)C. The highest BCUT2D eigenvalue weighted by atomic mass is 35.5. The van der Waals surface area contributed by atoms with Gasteiger partial charge in [0.2, 0.25) is 5.43 Å². The number of aromatic nitrogens is 1. The quantitative estimate of drug-likeness (QED) is 0.747. The van der Waals surface area contributed by atoms with Gasteiger partial charge in [-0.3, -0.25) is 9.59 Å². The van der Waals surface area contributed by atoms with Crippen molar-refractivity contribution in [1.82, 2.24) is 4.57 Å². The molecule has 1 aromatic heterocycles. The van der Waals surface area contributed by atoms with Crippen LogP contribution >= 0.6 is 23.2 Å². The molecule has 7 heteroatoms. The maximum Gasteiger partial charge on any atom is 0.262 e. The molecule has 26 heavy (non-hydrogen) atoms. The number of aryl methyl sites for hydroxylation is 1. The number of anilines is 1. The summed E-state index contributed by atoms with van der Waals surface area (Å²) in [4.78, 5) is 24.2. The average molecular weight is 397 g/mol. The van der Waals surface area contributed by atoms with Gasteiger partial charge >= 0.3 is 0 Å². The first-order valence-corrected chi connectivity index (χ1v) is 9.12. The maximum absolute atomic E-state index is 12.1. The smallest absolute Gasteiger partial charge is 0.262 e. The second kappa shape index (κ2) is 9.10. The normalized spacial score (nSPS) is 10.8. The van der Waals surface area contributed by atoms with Crippen molar-refractivity contribution in [2.24, 2.45) is 5.92 Å². The molecule has 0 atom stereocenters. The van der Waals surface area contributed by atoms with Crippen LogP contribution in [0.3, 0.4) is 0 Å². The van der Waals surface area contributed by atoms with E-state index >= 15 is 0 Å². The fraction of sp³-hybridized carbons (Fsp3) is 0.368. The van der Waals surface area contributed by atoms with E-state index in [2.05, 4.69) is 19.2 Å². The van der Waals surface area contributed by atoms with Crippen molar-refractivity contribution in [3.05, 3.63) is 56.4 Å². The number of ether oxygens (including phenoxy) is 1. The molecule has 1 heterocycles. The second-order valence-corrected chi connectivity index (χ2v) is 7.19. The molecule has 2 rings (SSSR count). The monoisotopic (exact) mass is 396 g/mol. The number of nitrogens with one attached hydrogen (secondary N) is 1. The fourth-order valence-electron chi connectivity index (χ4n) is 2.39. The summed E-state index contributed by atoms with van der Waals surface area (Å²) in [6.07, 6.45) is 2.73. The van der Waals surface area contributed by atoms with Crippen molar-refractivity contribution in [2.75, 3.05) is 11.9 Å². The van der Waals surface area contributed by atoms with Crippen LogP contribution in [0.1, 0.15) is 26.0 Å². The number of benzene rings is 1. The highest BCUT2D eigenvalue weighted by molar-refractivity contribution is 6.43. The van der Waals surface area contributed by atoms with Crippen LogP contribution in [0.25, 0.3) is 0 Å². The van der Waals surface area contributed by atoms with Gasteiger partial charge in [0, 0.05) is 18.8 Å². The molecule has 0 saturated carbocycles. The summed E-state index contributed by atoms with van der Waals surface area (Å²) >= 11 is 12.0. The predicted molar refractivity (Wildman–Crippen MR) is 105 cm³/mol. The van der Waals surface area contributed by atoms with Gasteiger partial charge in [0.1, 0.15) is 0 Å². The number of amides is 1. The first-order valence-electron chi connectivity index (χ1n) is 8.36. The number of pyridine rings is 1. The summed E-state index contributed by atoms with van der Waals surface area (Å²) in [6.45, 7) is 6.57. The van der Waals surface area contributed by atoms with E-state index in [1.54, 1.807) is 24.4 Å². The molecule has 1 N–H and O–H groups in total. The summed E-state index contributed by atoms with van der Waals surface area (Å²) in [5.74, 6) is 0.306. The fourth-order valence-corrected chi connectivity index (χ4v) is 2.74. The summed E-state index contributed by atoms with van der Waals surface area (Å²) in [5.41, 5.74) is 0.843. The molecule has 0 aliphatic heterocycles. The van der Waals surface area contributed by atoms with E-state index < -0.39 is 5.91 Å². The molecular formula is C19H22Cl2N2O3. The number of carbonyl (C=O) groups is 1. The molecule has 0 aliphatic carbocycles. The third-order valence-electron chi connectivity index (χ3n) is 3.91. The van der Waals surface area contributed by atoms with Gasteiger partial charge in [-0.1, -0.05) is 43.1 Å². The van der Waals surface area contributed by atoms with Gasteiger partial charge in [-0.2, -0.15) is 0 Å². The van der Waals surface area contributed by atoms with E-state index in [1.807, 2.05) is 11.5 Å². The number of halogens is 2. The van der Waals surface area contributed by atoms with E-state index in [0.717, 1.165) is 13.0 Å². The predicted octanol–water partition coefficient (Wildman–Crippen LogP) is 4.53. The lowest BCUT2D eigenvalue weighted by molar-refractivity contribution is -0.118. The average Bonchev–Trinajstić information content (AvgIpc) is 2.58. The molecule has 0 saturated heterocycles. The minimum atomic E-state index is -0.425. The summed E-state index contributed by atoms with van der Waals surface area (Å²) in [6, 6.07) is 6.40. The van der Waals surface area contributed by atoms with E-state index in [0.29, 0.717) is 22.3 Å². The highest BCUT2D eigenvalue weighted by Gasteiger charge is 2.13. The molecule has 0 radical (unpaired) electrons. The zero-order valence-electron chi connectivity index (χ0n) is 15.0. The summed E-state index contributed by atoms with van der Waals surface area (Å²) in [5, 5.41) is 3.23. The van der Waals surface area contributed by atoms with Crippen molar-refractivity contribution in [1.29, 1.82) is 0 Å². The van der Waals surface area contributed by atoms with Crippen LogP contribution in [-0.2, 0) is 11.3 Å². The van der Waals surface area contributed by atoms with E-state index in [-0.39, 0.29) is 22.8 Å². The van der Waals surface area contributed by atoms with Crippen molar-refractivity contribution in [3.63, 3.8) is 0 Å². The zero-order valence-corrected chi connectivity index (χ0v) is 16.5. The third kappa shape index (κ3) is 5.26. The van der Waals surface area contributed by atoms with Gasteiger partial charge in [-0.05, 0) is 31.4 Å². The molecule has 140 valence electrons. The number of nitrogens with zero attached hydrogens (tertiary/aromatic N) is 1. The van der Waals surface area contributed by atoms with Crippen molar-refractivity contribution in [3.8, 4) is 5.75 Å². The Kier molecular flexibility index (Phi) is 7.12. The Morgan fingerprint density at radius 2 is 2.00 bits per heavy atom. The van der Waals surface area contributed by atoms with Crippen LogP contribution < -0.4 is 15.5 Å². The Morgan fingerprint density at radius 1 is 1.27 bits per heavy atom. The number of carbonyl (C=O) groups excluding carboxylic acids is 1. The lowest BCUT2D eigenvalue weighted by atomic mass is 10.1. The standard InChI is InChI=1S/C19H22Cl2N2O3/c1-12(2)7-9-23-10-8-16(24)19(13(23)3)26-11-17(25)22-15-6-4-5-14(20)18(15)21/h4-6,8,10,12H,7,9,11H2,1-3H3,(H,22,25). The first-order chi connectivity index (χ1) is 12.3. The minimum Gasteiger partial charge on any atom is -0.478 e. The van der Waals surface area contributed by atoms with E-state index in [9.17, 15) is 9.59 Å².